The van der Waals surface area contributed by atoms with Crippen molar-refractivity contribution in [1.82, 2.24) is 9.97 Å². The van der Waals surface area contributed by atoms with E-state index in [0.29, 0.717) is 17.1 Å². The van der Waals surface area contributed by atoms with E-state index in [2.05, 4.69) is 29.1 Å². The summed E-state index contributed by atoms with van der Waals surface area (Å²) in [6.45, 7) is 4.20. The van der Waals surface area contributed by atoms with Crippen LogP contribution in [0.15, 0.2) is 0 Å². The molecule has 1 saturated carbocycles. The van der Waals surface area contributed by atoms with Gasteiger partial charge in [0.2, 0.25) is 5.95 Å². The van der Waals surface area contributed by atoms with E-state index in [1.54, 1.807) is 11.3 Å². The highest BCUT2D eigenvalue weighted by molar-refractivity contribution is 7.18. The van der Waals surface area contributed by atoms with E-state index in [-0.39, 0.29) is 0 Å². The predicted octanol–water partition coefficient (Wildman–Crippen LogP) is 5.49. The molecule has 5 heteroatoms. The van der Waals surface area contributed by atoms with Crippen LogP contribution < -0.4 is 5.32 Å². The third-order valence-electron chi connectivity index (χ3n) is 4.42. The second-order valence-corrected chi connectivity index (χ2v) is 7.55. The Labute approximate surface area is 135 Å². The highest BCUT2D eigenvalue weighted by atomic mass is 35.5. The zero-order chi connectivity index (χ0) is 14.8. The summed E-state index contributed by atoms with van der Waals surface area (Å²) in [6.07, 6.45) is 9.10. The summed E-state index contributed by atoms with van der Waals surface area (Å²) in [7, 11) is 0. The van der Waals surface area contributed by atoms with Gasteiger partial charge in [0, 0.05) is 10.9 Å². The highest BCUT2D eigenvalue weighted by Crippen LogP contribution is 2.34. The second kappa shape index (κ2) is 6.49. The van der Waals surface area contributed by atoms with Crippen LogP contribution in [0, 0.1) is 13.8 Å². The van der Waals surface area contributed by atoms with Crippen molar-refractivity contribution in [1.29, 1.82) is 0 Å². The molecule has 3 nitrogen and oxygen atoms in total. The van der Waals surface area contributed by atoms with E-state index >= 15 is 0 Å². The lowest BCUT2D eigenvalue weighted by molar-refractivity contribution is 0.470. The second-order valence-electron chi connectivity index (χ2n) is 5.99. The van der Waals surface area contributed by atoms with Crippen LogP contribution in [0.5, 0.6) is 0 Å². The minimum absolute atomic E-state index is 0.487. The zero-order valence-corrected chi connectivity index (χ0v) is 14.3. The summed E-state index contributed by atoms with van der Waals surface area (Å²) in [5.41, 5.74) is 1.21. The first kappa shape index (κ1) is 15.0. The molecule has 2 aromatic rings. The fourth-order valence-electron chi connectivity index (χ4n) is 3.05. The smallest absolute Gasteiger partial charge is 0.225 e. The highest BCUT2D eigenvalue weighted by Gasteiger charge is 2.16. The van der Waals surface area contributed by atoms with Gasteiger partial charge in [-0.05, 0) is 32.3 Å². The SMILES string of the molecule is Cc1sc2nc(NC3CCCCCCC3)nc(Cl)c2c1C. The van der Waals surface area contributed by atoms with E-state index in [0.717, 1.165) is 10.2 Å². The van der Waals surface area contributed by atoms with Gasteiger partial charge >= 0.3 is 0 Å². The van der Waals surface area contributed by atoms with Crippen LogP contribution in [-0.4, -0.2) is 16.0 Å². The molecule has 0 bridgehead atoms. The molecule has 2 heterocycles. The van der Waals surface area contributed by atoms with Crippen LogP contribution in [0.3, 0.4) is 0 Å². The maximum atomic E-state index is 6.37. The molecule has 0 atom stereocenters. The number of hydrogen-bond acceptors (Lipinski definition) is 4. The average molecular weight is 324 g/mol. The Morgan fingerprint density at radius 3 is 2.43 bits per heavy atom. The van der Waals surface area contributed by atoms with Crippen molar-refractivity contribution in [2.45, 2.75) is 64.8 Å². The number of thiophene rings is 1. The van der Waals surface area contributed by atoms with Gasteiger partial charge in [0.1, 0.15) is 9.98 Å². The van der Waals surface area contributed by atoms with Crippen molar-refractivity contribution in [2.75, 3.05) is 5.32 Å². The number of hydrogen-bond donors (Lipinski definition) is 1. The fraction of sp³-hybridized carbons (Fsp3) is 0.625. The van der Waals surface area contributed by atoms with Crippen LogP contribution in [0.1, 0.15) is 55.4 Å². The molecule has 1 N–H and O–H groups in total. The first-order valence-electron chi connectivity index (χ1n) is 7.85. The number of nitrogens with zero attached hydrogens (tertiary/aromatic N) is 2. The maximum absolute atomic E-state index is 6.37. The number of rotatable bonds is 2. The molecule has 21 heavy (non-hydrogen) atoms. The van der Waals surface area contributed by atoms with Gasteiger partial charge in [-0.25, -0.2) is 9.97 Å². The number of nitrogens with one attached hydrogen (secondary N) is 1. The van der Waals surface area contributed by atoms with E-state index in [4.69, 9.17) is 11.6 Å². The lowest BCUT2D eigenvalue weighted by atomic mass is 9.97. The number of aromatic nitrogens is 2. The molecule has 0 aromatic carbocycles. The van der Waals surface area contributed by atoms with Gasteiger partial charge in [-0.2, -0.15) is 0 Å². The summed E-state index contributed by atoms with van der Waals surface area (Å²) >= 11 is 8.07. The Bertz CT molecular complexity index is 630. The molecule has 1 aliphatic carbocycles. The molecule has 1 aliphatic rings. The van der Waals surface area contributed by atoms with Crippen molar-refractivity contribution in [3.63, 3.8) is 0 Å². The van der Waals surface area contributed by atoms with Crippen LogP contribution in [0.25, 0.3) is 10.2 Å². The first-order chi connectivity index (χ1) is 10.1. The van der Waals surface area contributed by atoms with Crippen LogP contribution >= 0.6 is 22.9 Å². The Morgan fingerprint density at radius 2 is 1.71 bits per heavy atom. The third kappa shape index (κ3) is 3.32. The minimum Gasteiger partial charge on any atom is -0.351 e. The third-order valence-corrected chi connectivity index (χ3v) is 5.80. The predicted molar refractivity (Wildman–Crippen MR) is 91.6 cm³/mol. The summed E-state index contributed by atoms with van der Waals surface area (Å²) < 4.78 is 0. The Morgan fingerprint density at radius 1 is 1.05 bits per heavy atom. The normalized spacial score (nSPS) is 17.7. The molecule has 2 aromatic heterocycles. The van der Waals surface area contributed by atoms with Crippen molar-refractivity contribution in [3.05, 3.63) is 15.6 Å². The molecule has 0 spiro atoms. The Balaban J connectivity index is 1.83. The fourth-order valence-corrected chi connectivity index (χ4v) is 4.44. The lowest BCUT2D eigenvalue weighted by Gasteiger charge is -2.21. The average Bonchev–Trinajstić information content (AvgIpc) is 2.68. The molecule has 0 aliphatic heterocycles. The molecule has 3 rings (SSSR count). The van der Waals surface area contributed by atoms with Crippen molar-refractivity contribution >= 4 is 39.1 Å². The van der Waals surface area contributed by atoms with Crippen molar-refractivity contribution in [3.8, 4) is 0 Å². The van der Waals surface area contributed by atoms with Gasteiger partial charge in [-0.1, -0.05) is 43.7 Å². The molecule has 0 saturated heterocycles. The molecular weight excluding hydrogens is 302 g/mol. The number of halogens is 1. The van der Waals surface area contributed by atoms with Gasteiger partial charge < -0.3 is 5.32 Å². The van der Waals surface area contributed by atoms with Gasteiger partial charge in [-0.3, -0.25) is 0 Å². The van der Waals surface area contributed by atoms with E-state index < -0.39 is 0 Å². The summed E-state index contributed by atoms with van der Waals surface area (Å²) in [5, 5.41) is 5.11. The minimum atomic E-state index is 0.487. The number of anilines is 1. The summed E-state index contributed by atoms with van der Waals surface area (Å²) in [5.74, 6) is 0.694. The molecule has 114 valence electrons. The molecule has 0 amide bonds. The first-order valence-corrected chi connectivity index (χ1v) is 9.04. The van der Waals surface area contributed by atoms with Crippen LogP contribution in [0.4, 0.5) is 5.95 Å². The van der Waals surface area contributed by atoms with Crippen molar-refractivity contribution < 1.29 is 0 Å². The lowest BCUT2D eigenvalue weighted by Crippen LogP contribution is -2.22. The molecular formula is C16H22ClN3S. The maximum Gasteiger partial charge on any atom is 0.225 e. The zero-order valence-electron chi connectivity index (χ0n) is 12.7. The summed E-state index contributed by atoms with van der Waals surface area (Å²) in [4.78, 5) is 11.4. The van der Waals surface area contributed by atoms with Crippen molar-refractivity contribution in [2.24, 2.45) is 0 Å². The van der Waals surface area contributed by atoms with E-state index in [1.165, 1.54) is 55.4 Å². The monoisotopic (exact) mass is 323 g/mol. The van der Waals surface area contributed by atoms with Gasteiger partial charge in [0.25, 0.3) is 0 Å². The van der Waals surface area contributed by atoms with Crippen LogP contribution in [0.2, 0.25) is 5.15 Å². The Kier molecular flexibility index (Phi) is 4.65. The van der Waals surface area contributed by atoms with Gasteiger partial charge in [0.15, 0.2) is 0 Å². The standard InChI is InChI=1S/C16H22ClN3S/c1-10-11(2)21-15-13(10)14(17)19-16(20-15)18-12-8-6-4-3-5-7-9-12/h12H,3-9H2,1-2H3,(H,18,19,20). The number of aryl methyl sites for hydroxylation is 2. The largest absolute Gasteiger partial charge is 0.351 e. The Hall–Kier alpha value is -0.870. The van der Waals surface area contributed by atoms with Gasteiger partial charge in [0.05, 0.1) is 5.39 Å². The molecule has 1 fully saturated rings. The molecule has 0 unspecified atom stereocenters. The topological polar surface area (TPSA) is 37.8 Å². The van der Waals surface area contributed by atoms with E-state index in [9.17, 15) is 0 Å². The van der Waals surface area contributed by atoms with Gasteiger partial charge in [-0.15, -0.1) is 11.3 Å². The summed E-state index contributed by atoms with van der Waals surface area (Å²) in [6, 6.07) is 0.487. The number of fused-ring (bicyclic) bond motifs is 1. The molecule has 0 radical (unpaired) electrons. The van der Waals surface area contributed by atoms with E-state index in [1.807, 2.05) is 0 Å². The van der Waals surface area contributed by atoms with Crippen LogP contribution in [-0.2, 0) is 0 Å². The quantitative estimate of drug-likeness (QED) is 0.743.